The lowest BCUT2D eigenvalue weighted by molar-refractivity contribution is -0.152. The first-order valence-corrected chi connectivity index (χ1v) is 10.8. The molecule has 2 aromatic carbocycles. The first-order chi connectivity index (χ1) is 15.1. The van der Waals surface area contributed by atoms with Gasteiger partial charge in [-0.15, -0.1) is 0 Å². The number of aliphatic hydroxyl groups excluding tert-OH is 1. The highest BCUT2D eigenvalue weighted by Gasteiger charge is 2.52. The first-order valence-electron chi connectivity index (χ1n) is 10.8. The van der Waals surface area contributed by atoms with Gasteiger partial charge in [-0.2, -0.15) is 5.26 Å². The molecule has 1 saturated carbocycles. The molecule has 0 bridgehead atoms. The van der Waals surface area contributed by atoms with E-state index in [1.165, 1.54) is 6.07 Å². The lowest BCUT2D eigenvalue weighted by Crippen LogP contribution is -2.66. The quantitative estimate of drug-likeness (QED) is 0.770. The van der Waals surface area contributed by atoms with Crippen LogP contribution < -0.4 is 0 Å². The number of nitrogens with zero attached hydrogens (tertiary/aromatic N) is 2. The molecule has 4 nitrogen and oxygen atoms in total. The van der Waals surface area contributed by atoms with E-state index in [9.17, 15) is 19.6 Å². The molecule has 1 heterocycles. The van der Waals surface area contributed by atoms with Crippen LogP contribution in [0.4, 0.5) is 4.39 Å². The van der Waals surface area contributed by atoms with E-state index in [-0.39, 0.29) is 36.2 Å². The number of nitriles is 1. The zero-order valence-corrected chi connectivity index (χ0v) is 17.3. The second-order valence-corrected chi connectivity index (χ2v) is 8.28. The molecular formula is C26H25FN2O2. The maximum atomic E-state index is 13.7. The monoisotopic (exact) mass is 416 g/mol. The Bertz CT molecular complexity index is 1040. The van der Waals surface area contributed by atoms with Gasteiger partial charge in [-0.25, -0.2) is 4.39 Å². The zero-order chi connectivity index (χ0) is 21.8. The van der Waals surface area contributed by atoms with Gasteiger partial charge in [0.25, 0.3) is 0 Å². The van der Waals surface area contributed by atoms with Crippen LogP contribution in [0.5, 0.6) is 0 Å². The highest BCUT2D eigenvalue weighted by molar-refractivity contribution is 5.81. The molecule has 2 aliphatic rings. The van der Waals surface area contributed by atoms with Gasteiger partial charge in [0.2, 0.25) is 5.91 Å². The Balaban J connectivity index is 1.51. The number of amides is 1. The van der Waals surface area contributed by atoms with Crippen molar-refractivity contribution in [3.8, 4) is 17.9 Å². The lowest BCUT2D eigenvalue weighted by atomic mass is 9.74. The smallest absolute Gasteiger partial charge is 0.227 e. The van der Waals surface area contributed by atoms with E-state index in [1.807, 2.05) is 24.3 Å². The zero-order valence-electron chi connectivity index (χ0n) is 17.3. The summed E-state index contributed by atoms with van der Waals surface area (Å²) in [5.74, 6) is 5.18. The van der Waals surface area contributed by atoms with Crippen LogP contribution in [-0.4, -0.2) is 34.6 Å². The molecule has 1 aliphatic carbocycles. The van der Waals surface area contributed by atoms with Crippen LogP contribution in [0.2, 0.25) is 0 Å². The van der Waals surface area contributed by atoms with E-state index in [0.29, 0.717) is 5.56 Å². The average Bonchev–Trinajstić information content (AvgIpc) is 2.80. The van der Waals surface area contributed by atoms with Crippen molar-refractivity contribution in [2.24, 2.45) is 5.92 Å². The third kappa shape index (κ3) is 4.20. The number of hydrogen-bond donors (Lipinski definition) is 1. The van der Waals surface area contributed by atoms with Gasteiger partial charge < -0.3 is 10.0 Å². The summed E-state index contributed by atoms with van der Waals surface area (Å²) in [5, 5.41) is 19.7. The number of carbonyl (C=O) groups excluding carboxylic acids is 1. The van der Waals surface area contributed by atoms with Crippen LogP contribution in [-0.2, 0) is 4.79 Å². The minimum atomic E-state index is -0.568. The topological polar surface area (TPSA) is 64.3 Å². The van der Waals surface area contributed by atoms with Gasteiger partial charge in [0.15, 0.2) is 0 Å². The van der Waals surface area contributed by atoms with E-state index in [1.54, 1.807) is 23.1 Å². The minimum absolute atomic E-state index is 0.00826. The standard InChI is InChI=1S/C26H25FN2O2/c27-22-9-5-4-6-19(22)13-10-18-11-14-20(15-12-18)25-23(16-28)29(24(25)17-30)26(31)21-7-2-1-3-8-21/h4-6,9,11-12,14-15,21,23-25,30H,1-3,7-8,17H2/t23-,24+,25+/m0/s1. The fraction of sp³-hybridized carbons (Fsp3) is 0.385. The van der Waals surface area contributed by atoms with Gasteiger partial charge >= 0.3 is 0 Å². The van der Waals surface area contributed by atoms with Crippen LogP contribution in [0.15, 0.2) is 48.5 Å². The summed E-state index contributed by atoms with van der Waals surface area (Å²) in [6.45, 7) is -0.170. The second-order valence-electron chi connectivity index (χ2n) is 8.28. The van der Waals surface area contributed by atoms with Crippen molar-refractivity contribution < 1.29 is 14.3 Å². The largest absolute Gasteiger partial charge is 0.394 e. The van der Waals surface area contributed by atoms with Gasteiger partial charge in [0.1, 0.15) is 11.9 Å². The predicted octanol–water partition coefficient (Wildman–Crippen LogP) is 3.98. The Kier molecular flexibility index (Phi) is 6.35. The summed E-state index contributed by atoms with van der Waals surface area (Å²) in [6, 6.07) is 15.1. The Morgan fingerprint density at radius 3 is 2.42 bits per heavy atom. The number of hydrogen-bond acceptors (Lipinski definition) is 3. The molecule has 2 fully saturated rings. The van der Waals surface area contributed by atoms with Crippen LogP contribution in [0.1, 0.15) is 54.7 Å². The predicted molar refractivity (Wildman–Crippen MR) is 115 cm³/mol. The van der Waals surface area contributed by atoms with E-state index in [4.69, 9.17) is 0 Å². The van der Waals surface area contributed by atoms with Gasteiger partial charge in [-0.3, -0.25) is 4.79 Å². The third-order valence-electron chi connectivity index (χ3n) is 6.45. The maximum absolute atomic E-state index is 13.7. The van der Waals surface area contributed by atoms with Crippen molar-refractivity contribution >= 4 is 5.91 Å². The van der Waals surface area contributed by atoms with Crippen LogP contribution in [0.25, 0.3) is 0 Å². The molecule has 158 valence electrons. The summed E-state index contributed by atoms with van der Waals surface area (Å²) in [7, 11) is 0. The normalized spacial score (nSPS) is 23.3. The molecule has 1 N–H and O–H groups in total. The molecular weight excluding hydrogens is 391 g/mol. The molecule has 0 radical (unpaired) electrons. The Labute approximate surface area is 182 Å². The van der Waals surface area contributed by atoms with Crippen LogP contribution in [0, 0.1) is 34.9 Å². The summed E-state index contributed by atoms with van der Waals surface area (Å²) in [4.78, 5) is 14.6. The fourth-order valence-electron chi connectivity index (χ4n) is 4.76. The Hall–Kier alpha value is -3.15. The third-order valence-corrected chi connectivity index (χ3v) is 6.45. The summed E-state index contributed by atoms with van der Waals surface area (Å²) in [6.07, 6.45) is 4.98. The van der Waals surface area contributed by atoms with Gasteiger partial charge in [0.05, 0.1) is 24.3 Å². The molecule has 3 atom stereocenters. The number of carbonyl (C=O) groups is 1. The summed E-state index contributed by atoms with van der Waals surface area (Å²) in [5.41, 5.74) is 1.97. The van der Waals surface area contributed by atoms with Crippen molar-refractivity contribution in [2.75, 3.05) is 6.61 Å². The molecule has 1 saturated heterocycles. The molecule has 0 aromatic heterocycles. The van der Waals surface area contributed by atoms with E-state index >= 15 is 0 Å². The number of halogens is 1. The van der Waals surface area contributed by atoms with Gasteiger partial charge in [-0.05, 0) is 42.7 Å². The molecule has 2 aromatic rings. The average molecular weight is 416 g/mol. The molecule has 1 amide bonds. The van der Waals surface area contributed by atoms with Crippen molar-refractivity contribution in [2.45, 2.75) is 50.1 Å². The number of likely N-dealkylation sites (tertiary alicyclic amines) is 1. The molecule has 1 aliphatic heterocycles. The van der Waals surface area contributed by atoms with Gasteiger partial charge in [0, 0.05) is 17.4 Å². The van der Waals surface area contributed by atoms with E-state index in [0.717, 1.165) is 43.2 Å². The number of aliphatic hydroxyl groups is 1. The fourth-order valence-corrected chi connectivity index (χ4v) is 4.76. The first kappa shape index (κ1) is 21.1. The maximum Gasteiger partial charge on any atom is 0.227 e. The van der Waals surface area contributed by atoms with E-state index in [2.05, 4.69) is 17.9 Å². The van der Waals surface area contributed by atoms with E-state index < -0.39 is 6.04 Å². The van der Waals surface area contributed by atoms with Crippen molar-refractivity contribution in [3.63, 3.8) is 0 Å². The lowest BCUT2D eigenvalue weighted by Gasteiger charge is -2.52. The summed E-state index contributed by atoms with van der Waals surface area (Å²) < 4.78 is 13.7. The minimum Gasteiger partial charge on any atom is -0.394 e. The second kappa shape index (κ2) is 9.33. The molecule has 0 unspecified atom stereocenters. The SMILES string of the molecule is N#C[C@H]1[C@@H](c2ccc(C#Cc3ccccc3F)cc2)[C@@H](CO)N1C(=O)C1CCCCC1. The number of benzene rings is 2. The van der Waals surface area contributed by atoms with Crippen molar-refractivity contribution in [1.29, 1.82) is 5.26 Å². The van der Waals surface area contributed by atoms with Crippen LogP contribution >= 0.6 is 0 Å². The van der Waals surface area contributed by atoms with Crippen molar-refractivity contribution in [3.05, 3.63) is 71.0 Å². The summed E-state index contributed by atoms with van der Waals surface area (Å²) >= 11 is 0. The number of rotatable bonds is 3. The highest BCUT2D eigenvalue weighted by Crippen LogP contribution is 2.42. The Morgan fingerprint density at radius 2 is 1.77 bits per heavy atom. The molecule has 5 heteroatoms. The van der Waals surface area contributed by atoms with Crippen LogP contribution in [0.3, 0.4) is 0 Å². The highest BCUT2D eigenvalue weighted by atomic mass is 19.1. The molecule has 0 spiro atoms. The molecule has 4 rings (SSSR count). The van der Waals surface area contributed by atoms with Gasteiger partial charge in [-0.1, -0.05) is 55.4 Å². The molecule has 31 heavy (non-hydrogen) atoms. The Morgan fingerprint density at radius 1 is 1.06 bits per heavy atom. The van der Waals surface area contributed by atoms with Crippen molar-refractivity contribution in [1.82, 2.24) is 4.90 Å².